The maximum Gasteiger partial charge on any atom is 0.269 e. The van der Waals surface area contributed by atoms with E-state index in [-0.39, 0.29) is 11.8 Å². The molecule has 0 aromatic heterocycles. The lowest BCUT2D eigenvalue weighted by Gasteiger charge is -2.27. The van der Waals surface area contributed by atoms with E-state index < -0.39 is 29.6 Å². The average molecular weight is 343 g/mol. The van der Waals surface area contributed by atoms with E-state index in [1.807, 2.05) is 19.1 Å². The Morgan fingerprint density at radius 3 is 2.56 bits per heavy atom. The number of amides is 2. The summed E-state index contributed by atoms with van der Waals surface area (Å²) in [7, 11) is 0. The van der Waals surface area contributed by atoms with Crippen LogP contribution in [0.5, 0.6) is 5.75 Å². The molecule has 2 aliphatic carbocycles. The molecule has 3 rings (SSSR count). The summed E-state index contributed by atoms with van der Waals surface area (Å²) in [4.78, 5) is 35.9. The van der Waals surface area contributed by atoms with E-state index in [9.17, 15) is 19.5 Å². The molecule has 2 aliphatic rings. The van der Waals surface area contributed by atoms with Crippen LogP contribution in [0.15, 0.2) is 36.4 Å². The molecule has 4 atom stereocenters. The van der Waals surface area contributed by atoms with Crippen molar-refractivity contribution in [2.45, 2.75) is 13.3 Å². The zero-order valence-electron chi connectivity index (χ0n) is 13.7. The smallest absolute Gasteiger partial charge is 0.269 e. The monoisotopic (exact) mass is 343 g/mol. The quantitative estimate of drug-likeness (QED) is 0.579. The number of ether oxygens (including phenoxy) is 1. The summed E-state index contributed by atoms with van der Waals surface area (Å²) in [5.74, 6) is -3.58. The van der Waals surface area contributed by atoms with Crippen molar-refractivity contribution in [2.75, 3.05) is 6.61 Å². The van der Waals surface area contributed by atoms with E-state index in [1.165, 1.54) is 0 Å². The van der Waals surface area contributed by atoms with Gasteiger partial charge in [0.25, 0.3) is 5.91 Å². The molecule has 25 heavy (non-hydrogen) atoms. The topological polar surface area (TPSA) is 108 Å². The van der Waals surface area contributed by atoms with Crippen LogP contribution in [0.2, 0.25) is 0 Å². The van der Waals surface area contributed by atoms with E-state index in [0.717, 1.165) is 0 Å². The number of hydrogen-bond donors (Lipinski definition) is 2. The summed E-state index contributed by atoms with van der Waals surface area (Å²) < 4.78 is 5.33. The minimum Gasteiger partial charge on any atom is -0.550 e. The Balaban J connectivity index is 1.62. The highest BCUT2D eigenvalue weighted by Crippen LogP contribution is 2.47. The SMILES string of the molecule is CCOc1cccc(C(=O)NNC(=O)[C@H]2[C@@H](C(=O)[O-])[C@H]3C=C[C@@H]2C3)c1. The zero-order chi connectivity index (χ0) is 18.0. The van der Waals surface area contributed by atoms with Gasteiger partial charge >= 0.3 is 0 Å². The number of hydrazine groups is 1. The van der Waals surface area contributed by atoms with Gasteiger partial charge in [0, 0.05) is 17.5 Å². The molecule has 1 aromatic rings. The molecule has 0 heterocycles. The van der Waals surface area contributed by atoms with Crippen LogP contribution < -0.4 is 20.7 Å². The van der Waals surface area contributed by atoms with Crippen LogP contribution in [-0.4, -0.2) is 24.4 Å². The lowest BCUT2D eigenvalue weighted by atomic mass is 9.82. The van der Waals surface area contributed by atoms with Gasteiger partial charge in [0.15, 0.2) is 0 Å². The molecule has 2 N–H and O–H groups in total. The molecule has 1 fully saturated rings. The minimum atomic E-state index is -1.23. The molecule has 7 heteroatoms. The second-order valence-electron chi connectivity index (χ2n) is 6.22. The minimum absolute atomic E-state index is 0.133. The van der Waals surface area contributed by atoms with Gasteiger partial charge in [-0.05, 0) is 43.4 Å². The fourth-order valence-electron chi connectivity index (χ4n) is 3.67. The summed E-state index contributed by atoms with van der Waals surface area (Å²) in [5.41, 5.74) is 5.00. The third-order valence-electron chi connectivity index (χ3n) is 4.74. The highest BCUT2D eigenvalue weighted by Gasteiger charge is 2.48. The standard InChI is InChI=1S/C18H20N2O5/c1-2-25-13-5-3-4-12(9-13)16(21)19-20-17(22)14-10-6-7-11(8-10)15(14)18(23)24/h3-7,9-11,14-15H,2,8H2,1H3,(H,19,21)(H,20,22)(H,23,24)/p-1/t10-,11+,14-,15+/m1/s1. The van der Waals surface area contributed by atoms with Crippen molar-refractivity contribution >= 4 is 17.8 Å². The highest BCUT2D eigenvalue weighted by atomic mass is 16.5. The van der Waals surface area contributed by atoms with Gasteiger partial charge < -0.3 is 14.6 Å². The molecule has 2 bridgehead atoms. The predicted molar refractivity (Wildman–Crippen MR) is 85.9 cm³/mol. The van der Waals surface area contributed by atoms with Crippen molar-refractivity contribution in [3.8, 4) is 5.75 Å². The van der Waals surface area contributed by atoms with Gasteiger partial charge in [0.1, 0.15) is 5.75 Å². The van der Waals surface area contributed by atoms with Crippen molar-refractivity contribution in [1.82, 2.24) is 10.9 Å². The van der Waals surface area contributed by atoms with Crippen LogP contribution in [0, 0.1) is 23.7 Å². The number of carbonyl (C=O) groups excluding carboxylic acids is 3. The van der Waals surface area contributed by atoms with E-state index in [2.05, 4.69) is 10.9 Å². The molecule has 132 valence electrons. The van der Waals surface area contributed by atoms with Gasteiger partial charge in [-0.2, -0.15) is 0 Å². The summed E-state index contributed by atoms with van der Waals surface area (Å²) >= 11 is 0. The largest absolute Gasteiger partial charge is 0.550 e. The fourth-order valence-corrected chi connectivity index (χ4v) is 3.67. The third-order valence-corrected chi connectivity index (χ3v) is 4.74. The second kappa shape index (κ2) is 6.96. The van der Waals surface area contributed by atoms with E-state index in [4.69, 9.17) is 4.74 Å². The van der Waals surface area contributed by atoms with Gasteiger partial charge in [-0.3, -0.25) is 20.4 Å². The third kappa shape index (κ3) is 3.35. The Hall–Kier alpha value is -2.83. The number of allylic oxidation sites excluding steroid dienone is 2. The van der Waals surface area contributed by atoms with Crippen LogP contribution >= 0.6 is 0 Å². The lowest BCUT2D eigenvalue weighted by molar-refractivity contribution is -0.313. The first-order chi connectivity index (χ1) is 12.0. The highest BCUT2D eigenvalue weighted by molar-refractivity contribution is 5.96. The van der Waals surface area contributed by atoms with Crippen LogP contribution in [0.3, 0.4) is 0 Å². The Bertz CT molecular complexity index is 730. The van der Waals surface area contributed by atoms with Gasteiger partial charge in [-0.1, -0.05) is 18.2 Å². The number of carbonyl (C=O) groups is 3. The van der Waals surface area contributed by atoms with Crippen LogP contribution in [0.1, 0.15) is 23.7 Å². The predicted octanol–water partition coefficient (Wildman–Crippen LogP) is 0.0345. The molecule has 0 spiro atoms. The number of aliphatic carboxylic acids is 1. The Kier molecular flexibility index (Phi) is 4.74. The number of carboxylic acids is 1. The second-order valence-corrected chi connectivity index (χ2v) is 6.22. The first-order valence-electron chi connectivity index (χ1n) is 8.23. The molecule has 1 saturated carbocycles. The molecular formula is C18H19N2O5-. The molecule has 0 saturated heterocycles. The summed E-state index contributed by atoms with van der Waals surface area (Å²) in [5, 5.41) is 11.3. The summed E-state index contributed by atoms with van der Waals surface area (Å²) in [6.45, 7) is 2.31. The van der Waals surface area contributed by atoms with Crippen LogP contribution in [0.4, 0.5) is 0 Å². The van der Waals surface area contributed by atoms with Gasteiger partial charge in [0.2, 0.25) is 5.91 Å². The zero-order valence-corrected chi connectivity index (χ0v) is 13.7. The lowest BCUT2D eigenvalue weighted by Crippen LogP contribution is -2.50. The molecule has 1 aromatic carbocycles. The van der Waals surface area contributed by atoms with Crippen molar-refractivity contribution in [2.24, 2.45) is 23.7 Å². The molecule has 0 unspecified atom stereocenters. The number of rotatable bonds is 5. The number of fused-ring (bicyclic) bond motifs is 2. The van der Waals surface area contributed by atoms with E-state index >= 15 is 0 Å². The first kappa shape index (κ1) is 17.0. The maximum absolute atomic E-state index is 12.4. The Morgan fingerprint density at radius 1 is 1.16 bits per heavy atom. The first-order valence-corrected chi connectivity index (χ1v) is 8.23. The van der Waals surface area contributed by atoms with Crippen molar-refractivity contribution in [1.29, 1.82) is 0 Å². The van der Waals surface area contributed by atoms with Gasteiger partial charge in [-0.25, -0.2) is 0 Å². The van der Waals surface area contributed by atoms with Gasteiger partial charge in [-0.15, -0.1) is 0 Å². The van der Waals surface area contributed by atoms with Crippen LogP contribution in [0.25, 0.3) is 0 Å². The number of benzene rings is 1. The van der Waals surface area contributed by atoms with Crippen molar-refractivity contribution in [3.63, 3.8) is 0 Å². The summed E-state index contributed by atoms with van der Waals surface area (Å²) in [6, 6.07) is 6.56. The number of hydrogen-bond acceptors (Lipinski definition) is 5. The van der Waals surface area contributed by atoms with E-state index in [0.29, 0.717) is 24.3 Å². The molecular weight excluding hydrogens is 324 g/mol. The Morgan fingerprint density at radius 2 is 1.88 bits per heavy atom. The van der Waals surface area contributed by atoms with Gasteiger partial charge in [0.05, 0.1) is 12.5 Å². The normalized spacial score (nSPS) is 26.3. The fraction of sp³-hybridized carbons (Fsp3) is 0.389. The average Bonchev–Trinajstić information content (AvgIpc) is 3.21. The number of nitrogens with one attached hydrogen (secondary N) is 2. The van der Waals surface area contributed by atoms with Crippen molar-refractivity contribution < 1.29 is 24.2 Å². The molecule has 2 amide bonds. The molecule has 0 radical (unpaired) electrons. The Labute approximate surface area is 145 Å². The summed E-state index contributed by atoms with van der Waals surface area (Å²) in [6.07, 6.45) is 4.32. The van der Waals surface area contributed by atoms with Crippen LogP contribution in [-0.2, 0) is 9.59 Å². The number of carboxylic acid groups (broad SMARTS) is 1. The molecule has 0 aliphatic heterocycles. The molecule has 7 nitrogen and oxygen atoms in total. The maximum atomic E-state index is 12.4. The van der Waals surface area contributed by atoms with E-state index in [1.54, 1.807) is 24.3 Å². The van der Waals surface area contributed by atoms with Crippen molar-refractivity contribution in [3.05, 3.63) is 42.0 Å².